The standard InChI is InChI=1S/C20H21NO5/c1-25-17-7-6-15-9-16(12-26-18(15)10-17)20(24)21-11-14-4-2-13(3-5-14)8-19(22)23/h2-7,10,16H,8-9,11-12H2,1H3,(H,21,24)(H,22,23). The fraction of sp³-hybridized carbons (Fsp3) is 0.300. The van der Waals surface area contributed by atoms with Gasteiger partial charge in [0.15, 0.2) is 0 Å². The zero-order valence-corrected chi connectivity index (χ0v) is 14.5. The van der Waals surface area contributed by atoms with Crippen LogP contribution in [0, 0.1) is 5.92 Å². The molecule has 136 valence electrons. The van der Waals surface area contributed by atoms with Crippen molar-refractivity contribution in [2.75, 3.05) is 13.7 Å². The monoisotopic (exact) mass is 355 g/mol. The predicted molar refractivity (Wildman–Crippen MR) is 95.3 cm³/mol. The first-order valence-corrected chi connectivity index (χ1v) is 8.42. The number of fused-ring (bicyclic) bond motifs is 1. The number of carboxylic acids is 1. The van der Waals surface area contributed by atoms with Crippen molar-refractivity contribution in [1.82, 2.24) is 5.32 Å². The molecule has 1 unspecified atom stereocenters. The summed E-state index contributed by atoms with van der Waals surface area (Å²) in [5, 5.41) is 11.7. The van der Waals surface area contributed by atoms with E-state index in [1.54, 1.807) is 19.2 Å². The molecular formula is C20H21NO5. The Morgan fingerprint density at radius 3 is 2.62 bits per heavy atom. The quantitative estimate of drug-likeness (QED) is 0.830. The molecule has 0 spiro atoms. The summed E-state index contributed by atoms with van der Waals surface area (Å²) in [5.41, 5.74) is 2.66. The van der Waals surface area contributed by atoms with Gasteiger partial charge in [0.25, 0.3) is 0 Å². The van der Waals surface area contributed by atoms with Crippen LogP contribution in [0.1, 0.15) is 16.7 Å². The maximum atomic E-state index is 12.4. The van der Waals surface area contributed by atoms with Crippen LogP contribution < -0.4 is 14.8 Å². The van der Waals surface area contributed by atoms with E-state index >= 15 is 0 Å². The van der Waals surface area contributed by atoms with Gasteiger partial charge in [-0.25, -0.2) is 0 Å². The third-order valence-corrected chi connectivity index (χ3v) is 4.40. The van der Waals surface area contributed by atoms with Crippen LogP contribution in [0.2, 0.25) is 0 Å². The van der Waals surface area contributed by atoms with Gasteiger partial charge in [-0.15, -0.1) is 0 Å². The second-order valence-electron chi connectivity index (χ2n) is 6.29. The molecule has 0 radical (unpaired) electrons. The van der Waals surface area contributed by atoms with E-state index in [2.05, 4.69) is 5.32 Å². The summed E-state index contributed by atoms with van der Waals surface area (Å²) in [7, 11) is 1.61. The molecule has 26 heavy (non-hydrogen) atoms. The molecule has 3 rings (SSSR count). The van der Waals surface area contributed by atoms with Crippen molar-refractivity contribution >= 4 is 11.9 Å². The maximum absolute atomic E-state index is 12.4. The van der Waals surface area contributed by atoms with Gasteiger partial charge in [-0.3, -0.25) is 9.59 Å². The van der Waals surface area contributed by atoms with Gasteiger partial charge in [-0.1, -0.05) is 30.3 Å². The molecule has 0 bridgehead atoms. The number of aliphatic carboxylic acids is 1. The molecule has 1 atom stereocenters. The van der Waals surface area contributed by atoms with Gasteiger partial charge in [0.2, 0.25) is 5.91 Å². The topological polar surface area (TPSA) is 84.9 Å². The Hall–Kier alpha value is -3.02. The average molecular weight is 355 g/mol. The number of methoxy groups -OCH3 is 1. The molecular weight excluding hydrogens is 334 g/mol. The summed E-state index contributed by atoms with van der Waals surface area (Å²) >= 11 is 0. The van der Waals surface area contributed by atoms with Gasteiger partial charge in [0.1, 0.15) is 18.1 Å². The number of carbonyl (C=O) groups excluding carboxylic acids is 1. The number of carbonyl (C=O) groups is 2. The number of carboxylic acid groups (broad SMARTS) is 1. The molecule has 6 nitrogen and oxygen atoms in total. The SMILES string of the molecule is COc1ccc2c(c1)OCC(C(=O)NCc1ccc(CC(=O)O)cc1)C2. The lowest BCUT2D eigenvalue weighted by Crippen LogP contribution is -2.37. The van der Waals surface area contributed by atoms with Crippen molar-refractivity contribution < 1.29 is 24.2 Å². The van der Waals surface area contributed by atoms with Crippen LogP contribution in [0.15, 0.2) is 42.5 Å². The highest BCUT2D eigenvalue weighted by molar-refractivity contribution is 5.79. The molecule has 2 aromatic rings. The molecule has 2 N–H and O–H groups in total. The normalized spacial score (nSPS) is 15.5. The number of nitrogens with one attached hydrogen (secondary N) is 1. The van der Waals surface area contributed by atoms with Crippen LogP contribution in [-0.4, -0.2) is 30.7 Å². The minimum Gasteiger partial charge on any atom is -0.497 e. The lowest BCUT2D eigenvalue weighted by Gasteiger charge is -2.25. The average Bonchev–Trinajstić information content (AvgIpc) is 2.66. The Bertz CT molecular complexity index is 800. The van der Waals surface area contributed by atoms with Gasteiger partial charge in [0.05, 0.1) is 19.4 Å². The Morgan fingerprint density at radius 2 is 1.92 bits per heavy atom. The van der Waals surface area contributed by atoms with E-state index in [0.29, 0.717) is 19.6 Å². The van der Waals surface area contributed by atoms with Gasteiger partial charge in [0, 0.05) is 12.6 Å². The van der Waals surface area contributed by atoms with Crippen LogP contribution >= 0.6 is 0 Å². The first-order valence-electron chi connectivity index (χ1n) is 8.42. The van der Waals surface area contributed by atoms with Crippen molar-refractivity contribution in [3.63, 3.8) is 0 Å². The fourth-order valence-corrected chi connectivity index (χ4v) is 2.93. The number of ether oxygens (including phenoxy) is 2. The molecule has 0 fully saturated rings. The third-order valence-electron chi connectivity index (χ3n) is 4.40. The van der Waals surface area contributed by atoms with Crippen LogP contribution in [-0.2, 0) is 29.0 Å². The van der Waals surface area contributed by atoms with Crippen LogP contribution in [0.5, 0.6) is 11.5 Å². The predicted octanol–water partition coefficient (Wildman–Crippen LogP) is 2.19. The Labute approximate surface area is 151 Å². The van der Waals surface area contributed by atoms with E-state index in [-0.39, 0.29) is 18.2 Å². The zero-order chi connectivity index (χ0) is 18.5. The number of amides is 1. The Morgan fingerprint density at radius 1 is 1.19 bits per heavy atom. The van der Waals surface area contributed by atoms with Crippen LogP contribution in [0.4, 0.5) is 0 Å². The molecule has 1 heterocycles. The second-order valence-corrected chi connectivity index (χ2v) is 6.29. The minimum absolute atomic E-state index is 0.00372. The summed E-state index contributed by atoms with van der Waals surface area (Å²) in [6, 6.07) is 12.8. The smallest absolute Gasteiger partial charge is 0.307 e. The first kappa shape index (κ1) is 17.8. The van der Waals surface area contributed by atoms with Gasteiger partial charge in [-0.05, 0) is 29.2 Å². The summed E-state index contributed by atoms with van der Waals surface area (Å²) < 4.78 is 10.9. The molecule has 6 heteroatoms. The summed E-state index contributed by atoms with van der Waals surface area (Å²) in [6.45, 7) is 0.738. The van der Waals surface area contributed by atoms with Gasteiger partial charge in [-0.2, -0.15) is 0 Å². The maximum Gasteiger partial charge on any atom is 0.307 e. The summed E-state index contributed by atoms with van der Waals surface area (Å²) in [6.07, 6.45) is 0.624. The third kappa shape index (κ3) is 4.33. The molecule has 2 aromatic carbocycles. The number of benzene rings is 2. The molecule has 0 saturated carbocycles. The molecule has 0 aromatic heterocycles. The Kier molecular flexibility index (Phi) is 5.41. The van der Waals surface area contributed by atoms with E-state index in [1.807, 2.05) is 30.3 Å². The Balaban J connectivity index is 1.54. The molecule has 0 saturated heterocycles. The lowest BCUT2D eigenvalue weighted by molar-refractivity contribution is -0.136. The van der Waals surface area contributed by atoms with Crippen molar-refractivity contribution in [2.24, 2.45) is 5.92 Å². The highest BCUT2D eigenvalue weighted by Crippen LogP contribution is 2.31. The van der Waals surface area contributed by atoms with Crippen molar-refractivity contribution in [2.45, 2.75) is 19.4 Å². The molecule has 1 aliphatic heterocycles. The zero-order valence-electron chi connectivity index (χ0n) is 14.5. The van der Waals surface area contributed by atoms with E-state index in [1.165, 1.54) is 0 Å². The van der Waals surface area contributed by atoms with Crippen molar-refractivity contribution in [3.8, 4) is 11.5 Å². The van der Waals surface area contributed by atoms with Crippen molar-refractivity contribution in [1.29, 1.82) is 0 Å². The summed E-state index contributed by atoms with van der Waals surface area (Å²) in [5.74, 6) is 0.352. The number of hydrogen-bond donors (Lipinski definition) is 2. The van der Waals surface area contributed by atoms with Crippen LogP contribution in [0.25, 0.3) is 0 Å². The second kappa shape index (κ2) is 7.91. The van der Waals surface area contributed by atoms with Gasteiger partial charge >= 0.3 is 5.97 Å². The number of rotatable bonds is 6. The molecule has 1 aliphatic rings. The highest BCUT2D eigenvalue weighted by atomic mass is 16.5. The molecule has 1 amide bonds. The fourth-order valence-electron chi connectivity index (χ4n) is 2.93. The lowest BCUT2D eigenvalue weighted by atomic mass is 9.96. The van der Waals surface area contributed by atoms with E-state index in [9.17, 15) is 9.59 Å². The molecule has 0 aliphatic carbocycles. The highest BCUT2D eigenvalue weighted by Gasteiger charge is 2.26. The van der Waals surface area contributed by atoms with E-state index in [0.717, 1.165) is 28.2 Å². The number of hydrogen-bond acceptors (Lipinski definition) is 4. The minimum atomic E-state index is -0.860. The van der Waals surface area contributed by atoms with Crippen LogP contribution in [0.3, 0.4) is 0 Å². The largest absolute Gasteiger partial charge is 0.497 e. The first-order chi connectivity index (χ1) is 12.5. The summed E-state index contributed by atoms with van der Waals surface area (Å²) in [4.78, 5) is 23.1. The van der Waals surface area contributed by atoms with Gasteiger partial charge < -0.3 is 19.9 Å². The van der Waals surface area contributed by atoms with E-state index < -0.39 is 5.97 Å². The van der Waals surface area contributed by atoms with Crippen molar-refractivity contribution in [3.05, 3.63) is 59.2 Å². The van der Waals surface area contributed by atoms with E-state index in [4.69, 9.17) is 14.6 Å².